The second kappa shape index (κ2) is 8.92. The molecular formula is C10H16N2O3S3. The van der Waals surface area contributed by atoms with Crippen LogP contribution in [0.1, 0.15) is 16.8 Å². The van der Waals surface area contributed by atoms with Gasteiger partial charge in [-0.15, -0.1) is 11.3 Å². The normalized spacial score (nSPS) is 10.8. The number of hydrogen-bond acceptors (Lipinski definition) is 8. The molecule has 5 nitrogen and oxygen atoms in total. The smallest absolute Gasteiger partial charge is 0.178 e. The largest absolute Gasteiger partial charge is 0.385 e. The Balaban J connectivity index is 2.47. The number of carbonyl (C=O) groups excluding carboxylic acids is 1. The average molecular weight is 308 g/mol. The number of methoxy groups -OCH3 is 1. The van der Waals surface area contributed by atoms with Crippen molar-refractivity contribution in [2.75, 3.05) is 26.8 Å². The highest BCUT2D eigenvalue weighted by atomic mass is 32.2. The molecule has 102 valence electrons. The van der Waals surface area contributed by atoms with E-state index in [1.807, 2.05) is 0 Å². The van der Waals surface area contributed by atoms with Crippen molar-refractivity contribution in [1.29, 1.82) is 0 Å². The van der Waals surface area contributed by atoms with Crippen molar-refractivity contribution in [2.45, 2.75) is 14.8 Å². The zero-order valence-electron chi connectivity index (χ0n) is 9.97. The molecule has 0 aliphatic rings. The van der Waals surface area contributed by atoms with E-state index >= 15 is 0 Å². The first-order valence-corrected chi connectivity index (χ1v) is 7.74. The van der Waals surface area contributed by atoms with Gasteiger partial charge in [-0.05, 0) is 31.0 Å². The summed E-state index contributed by atoms with van der Waals surface area (Å²) in [6, 6.07) is 1.72. The molecule has 0 fully saturated rings. The van der Waals surface area contributed by atoms with Gasteiger partial charge in [0.1, 0.15) is 0 Å². The highest BCUT2D eigenvalue weighted by molar-refractivity contribution is 8.00. The first-order chi connectivity index (χ1) is 8.72. The Bertz CT molecular complexity index is 384. The molecule has 0 unspecified atom stereocenters. The van der Waals surface area contributed by atoms with Crippen molar-refractivity contribution in [3.05, 3.63) is 11.6 Å². The molecule has 0 aliphatic heterocycles. The molecule has 8 heteroatoms. The van der Waals surface area contributed by atoms with Crippen LogP contribution >= 0.6 is 35.3 Å². The molecule has 0 atom stereocenters. The summed E-state index contributed by atoms with van der Waals surface area (Å²) >= 11 is 2.98. The third-order valence-electron chi connectivity index (χ3n) is 2.16. The lowest BCUT2D eigenvalue weighted by molar-refractivity contribution is 0.0987. The number of thiophene rings is 1. The molecule has 1 heterocycles. The van der Waals surface area contributed by atoms with E-state index in [4.69, 9.17) is 14.4 Å². The maximum Gasteiger partial charge on any atom is 0.178 e. The quantitative estimate of drug-likeness (QED) is 0.279. The fraction of sp³-hybridized carbons (Fsp3) is 0.500. The number of nitrogens with one attached hydrogen (secondary N) is 1. The van der Waals surface area contributed by atoms with Crippen LogP contribution in [0, 0.1) is 0 Å². The number of nitrogens with two attached hydrogens (primary N) is 1. The summed E-state index contributed by atoms with van der Waals surface area (Å²) in [6.45, 7) is 1.65. The lowest BCUT2D eigenvalue weighted by atomic mass is 10.2. The van der Waals surface area contributed by atoms with Crippen molar-refractivity contribution in [3.8, 4) is 0 Å². The van der Waals surface area contributed by atoms with Gasteiger partial charge in [0.15, 0.2) is 5.78 Å². The van der Waals surface area contributed by atoms with Gasteiger partial charge in [-0.3, -0.25) is 9.93 Å². The van der Waals surface area contributed by atoms with Crippen LogP contribution in [0.4, 0.5) is 0 Å². The van der Waals surface area contributed by atoms with E-state index in [-0.39, 0.29) is 12.3 Å². The Kier molecular flexibility index (Phi) is 7.91. The van der Waals surface area contributed by atoms with Gasteiger partial charge in [0.25, 0.3) is 0 Å². The zero-order chi connectivity index (χ0) is 13.4. The maximum absolute atomic E-state index is 11.9. The Morgan fingerprint density at radius 3 is 3.06 bits per heavy atom. The van der Waals surface area contributed by atoms with Crippen LogP contribution in [0.2, 0.25) is 0 Å². The first-order valence-electron chi connectivity index (χ1n) is 5.27. The van der Waals surface area contributed by atoms with Gasteiger partial charge in [0, 0.05) is 31.3 Å². The number of hydrogen-bond donors (Lipinski definition) is 3. The summed E-state index contributed by atoms with van der Waals surface area (Å²) in [6.07, 6.45) is 0.860. The molecule has 0 spiro atoms. The molecule has 4 N–H and O–H groups in total. The molecule has 0 aliphatic carbocycles. The maximum atomic E-state index is 11.9. The van der Waals surface area contributed by atoms with E-state index in [0.717, 1.165) is 29.1 Å². The topological polar surface area (TPSA) is 84.6 Å². The number of ether oxygens (including phenoxy) is 1. The van der Waals surface area contributed by atoms with Crippen LogP contribution in [0.25, 0.3) is 0 Å². The number of carbonyl (C=O) groups is 1. The van der Waals surface area contributed by atoms with Crippen LogP contribution in [0.5, 0.6) is 0 Å². The van der Waals surface area contributed by atoms with Gasteiger partial charge in [0.05, 0.1) is 15.0 Å². The predicted octanol–water partition coefficient (Wildman–Crippen LogP) is 2.09. The van der Waals surface area contributed by atoms with Gasteiger partial charge in [-0.25, -0.2) is 0 Å². The van der Waals surface area contributed by atoms with Gasteiger partial charge in [-0.2, -0.15) is 0 Å². The lowest BCUT2D eigenvalue weighted by Gasteiger charge is -2.03. The summed E-state index contributed by atoms with van der Waals surface area (Å²) in [7, 11) is 1.65. The molecule has 0 saturated carbocycles. The van der Waals surface area contributed by atoms with Crippen molar-refractivity contribution in [2.24, 2.45) is 5.14 Å². The molecule has 1 aromatic rings. The van der Waals surface area contributed by atoms with E-state index in [1.165, 1.54) is 11.3 Å². The summed E-state index contributed by atoms with van der Waals surface area (Å²) in [5.41, 5.74) is 0.527. The summed E-state index contributed by atoms with van der Waals surface area (Å²) in [5, 5.41) is 8.48. The Labute approximate surface area is 119 Å². The average Bonchev–Trinajstić information content (AvgIpc) is 2.81. The standard InChI is InChI=1S/C10H16N2O3S3/c1-15-4-2-3-12-6-8(13)7-5-9(17-11)16-10(7)18-14/h5,12,14H,2-4,6,11H2,1H3. The Morgan fingerprint density at radius 1 is 1.67 bits per heavy atom. The fourth-order valence-electron chi connectivity index (χ4n) is 1.31. The molecule has 0 radical (unpaired) electrons. The minimum atomic E-state index is -0.0412. The zero-order valence-corrected chi connectivity index (χ0v) is 12.4. The second-order valence-electron chi connectivity index (χ2n) is 3.42. The summed E-state index contributed by atoms with van der Waals surface area (Å²) in [5.74, 6) is -0.0412. The van der Waals surface area contributed by atoms with Crippen molar-refractivity contribution >= 4 is 41.1 Å². The molecule has 0 aromatic carbocycles. The number of Topliss-reactive ketones (excluding diaryl/α,β-unsaturated/α-hetero) is 1. The molecular weight excluding hydrogens is 292 g/mol. The third kappa shape index (κ3) is 4.88. The Hall–Kier alpha value is -0.0900. The SMILES string of the molecule is COCCCNCC(=O)c1cc(SN)sc1SO. The highest BCUT2D eigenvalue weighted by Crippen LogP contribution is 2.34. The molecule has 0 amide bonds. The van der Waals surface area contributed by atoms with Crippen molar-refractivity contribution in [3.63, 3.8) is 0 Å². The summed E-state index contributed by atoms with van der Waals surface area (Å²) < 4.78 is 15.4. The van der Waals surface area contributed by atoms with Crippen LogP contribution in [-0.2, 0) is 4.74 Å². The molecule has 1 rings (SSSR count). The third-order valence-corrected chi connectivity index (χ3v) is 4.63. The molecule has 18 heavy (non-hydrogen) atoms. The van der Waals surface area contributed by atoms with E-state index in [9.17, 15) is 4.79 Å². The predicted molar refractivity (Wildman–Crippen MR) is 76.5 cm³/mol. The van der Waals surface area contributed by atoms with E-state index in [2.05, 4.69) is 5.32 Å². The summed E-state index contributed by atoms with van der Waals surface area (Å²) in [4.78, 5) is 11.9. The van der Waals surface area contributed by atoms with E-state index < -0.39 is 0 Å². The minimum Gasteiger partial charge on any atom is -0.385 e. The van der Waals surface area contributed by atoms with Crippen molar-refractivity contribution < 1.29 is 14.1 Å². The van der Waals surface area contributed by atoms with Crippen LogP contribution in [-0.4, -0.2) is 37.1 Å². The first kappa shape index (κ1) is 16.0. The number of ketones is 1. The van der Waals surface area contributed by atoms with E-state index in [1.54, 1.807) is 13.2 Å². The Morgan fingerprint density at radius 2 is 2.44 bits per heavy atom. The van der Waals surface area contributed by atoms with Crippen LogP contribution < -0.4 is 10.5 Å². The number of rotatable bonds is 9. The second-order valence-corrected chi connectivity index (χ2v) is 6.26. The van der Waals surface area contributed by atoms with Crippen LogP contribution in [0.15, 0.2) is 14.5 Å². The minimum absolute atomic E-state index is 0.0412. The van der Waals surface area contributed by atoms with Gasteiger partial charge in [-0.1, -0.05) is 0 Å². The molecule has 0 bridgehead atoms. The van der Waals surface area contributed by atoms with Gasteiger partial charge >= 0.3 is 0 Å². The van der Waals surface area contributed by atoms with Gasteiger partial charge in [0.2, 0.25) is 0 Å². The van der Waals surface area contributed by atoms with Gasteiger partial charge < -0.3 is 14.6 Å². The van der Waals surface area contributed by atoms with E-state index in [0.29, 0.717) is 28.4 Å². The lowest BCUT2D eigenvalue weighted by Crippen LogP contribution is -2.24. The monoisotopic (exact) mass is 308 g/mol. The molecule has 0 saturated heterocycles. The van der Waals surface area contributed by atoms with Crippen molar-refractivity contribution in [1.82, 2.24) is 5.32 Å². The molecule has 1 aromatic heterocycles. The fourth-order valence-corrected chi connectivity index (χ4v) is 3.43. The highest BCUT2D eigenvalue weighted by Gasteiger charge is 2.15. The van der Waals surface area contributed by atoms with Crippen LogP contribution in [0.3, 0.4) is 0 Å².